The van der Waals surface area contributed by atoms with Gasteiger partial charge in [-0.1, -0.05) is 0 Å². The van der Waals surface area contributed by atoms with Gasteiger partial charge in [-0.25, -0.2) is 0 Å². The molecule has 0 aliphatic rings. The van der Waals surface area contributed by atoms with Gasteiger partial charge in [-0.3, -0.25) is 4.79 Å². The van der Waals surface area contributed by atoms with Crippen molar-refractivity contribution in [3.05, 3.63) is 0 Å². The lowest BCUT2D eigenvalue weighted by atomic mass is 10.4. The van der Waals surface area contributed by atoms with Crippen molar-refractivity contribution in [3.63, 3.8) is 0 Å². The van der Waals surface area contributed by atoms with Crippen LogP contribution >= 0.6 is 11.6 Å². The molecule has 0 aliphatic heterocycles. The van der Waals surface area contributed by atoms with Crippen LogP contribution < -0.4 is 5.73 Å². The van der Waals surface area contributed by atoms with Gasteiger partial charge in [-0.15, -0.1) is 0 Å². The Bertz CT molecular complexity index is 67.9. The van der Waals surface area contributed by atoms with Gasteiger partial charge in [0.25, 0.3) is 0 Å². The molecule has 10 N–H and O–H groups in total. The Kier molecular flexibility index (Phi) is 52.6. The zero-order chi connectivity index (χ0) is 5.15. The number of hydrogen-bond donors (Lipinski definition) is 1. The van der Waals surface area contributed by atoms with Crippen LogP contribution in [0.4, 0.5) is 0 Å². The Hall–Kier alpha value is -0.240. The second-order valence-corrected chi connectivity index (χ2v) is 1.47. The molecule has 1 atom stereocenters. The summed E-state index contributed by atoms with van der Waals surface area (Å²) < 4.78 is 0. The first-order valence-corrected chi connectivity index (χ1v) is 1.97. The fourth-order valence-corrected chi connectivity index (χ4v) is 0. The van der Waals surface area contributed by atoms with Crippen molar-refractivity contribution >= 4 is 16.8 Å². The van der Waals surface area contributed by atoms with Gasteiger partial charge in [0.05, 0.1) is 6.04 Å². The Morgan fingerprint density at radius 3 is 1.40 bits per heavy atom. The number of carbonyl (C=O) groups is 1. The molecule has 7 heteroatoms. The highest BCUT2D eigenvalue weighted by molar-refractivity contribution is 6.64. The third-order valence-electron chi connectivity index (χ3n) is 0.358. The molecule has 0 saturated heterocycles. The Morgan fingerprint density at radius 1 is 1.30 bits per heavy atom. The summed E-state index contributed by atoms with van der Waals surface area (Å²) in [4.78, 5) is 9.78. The van der Waals surface area contributed by atoms with Gasteiger partial charge >= 0.3 is 0 Å². The molecular formula is C3H14ClNO5. The maximum Gasteiger partial charge on any atom is 0.238 e. The van der Waals surface area contributed by atoms with E-state index in [0.29, 0.717) is 0 Å². The van der Waals surface area contributed by atoms with Gasteiger partial charge in [0, 0.05) is 0 Å². The molecule has 0 fully saturated rings. The summed E-state index contributed by atoms with van der Waals surface area (Å²) in [5.74, 6) is 0. The first-order chi connectivity index (χ1) is 2.64. The van der Waals surface area contributed by atoms with Gasteiger partial charge in [0.15, 0.2) is 0 Å². The Balaban J connectivity index is -0.0000000208. The fourth-order valence-electron chi connectivity index (χ4n) is 0. The average Bonchev–Trinajstić information content (AvgIpc) is 1.36. The van der Waals surface area contributed by atoms with Gasteiger partial charge in [-0.2, -0.15) is 0 Å². The molecule has 0 radical (unpaired) electrons. The molecule has 68 valence electrons. The molecule has 0 spiro atoms. The van der Waals surface area contributed by atoms with E-state index < -0.39 is 11.3 Å². The predicted octanol–water partition coefficient (Wildman–Crippen LogP) is -3.20. The highest BCUT2D eigenvalue weighted by Crippen LogP contribution is 1.81. The van der Waals surface area contributed by atoms with Crippen LogP contribution in [-0.4, -0.2) is 33.2 Å². The summed E-state index contributed by atoms with van der Waals surface area (Å²) in [6.07, 6.45) is 0. The van der Waals surface area contributed by atoms with E-state index in [1.807, 2.05) is 0 Å². The van der Waals surface area contributed by atoms with Crippen LogP contribution in [0.15, 0.2) is 0 Å². The maximum absolute atomic E-state index is 9.78. The summed E-state index contributed by atoms with van der Waals surface area (Å²) in [6.45, 7) is 1.54. The lowest BCUT2D eigenvalue weighted by Gasteiger charge is -1.89. The lowest BCUT2D eigenvalue weighted by Crippen LogP contribution is -2.21. The van der Waals surface area contributed by atoms with E-state index in [4.69, 9.17) is 17.3 Å². The van der Waals surface area contributed by atoms with Crippen molar-refractivity contribution in [2.24, 2.45) is 5.73 Å². The molecule has 0 aromatic heterocycles. The van der Waals surface area contributed by atoms with Gasteiger partial charge in [0.1, 0.15) is 0 Å². The molecule has 0 amide bonds. The van der Waals surface area contributed by atoms with Crippen LogP contribution in [0.3, 0.4) is 0 Å². The van der Waals surface area contributed by atoms with Gasteiger partial charge < -0.3 is 27.6 Å². The van der Waals surface area contributed by atoms with E-state index in [1.165, 1.54) is 6.92 Å². The quantitative estimate of drug-likeness (QED) is 0.419. The first kappa shape index (κ1) is 33.1. The van der Waals surface area contributed by atoms with Crippen molar-refractivity contribution < 1.29 is 26.7 Å². The summed E-state index contributed by atoms with van der Waals surface area (Å²) >= 11 is 4.85. The molecular weight excluding hydrogens is 165 g/mol. The molecule has 10 heavy (non-hydrogen) atoms. The Labute approximate surface area is 63.2 Å². The third kappa shape index (κ3) is 25.1. The topological polar surface area (TPSA) is 169 Å². The van der Waals surface area contributed by atoms with E-state index >= 15 is 0 Å². The second-order valence-electron chi connectivity index (χ2n) is 1.09. The van der Waals surface area contributed by atoms with Crippen LogP contribution in [-0.2, 0) is 4.79 Å². The summed E-state index contributed by atoms with van der Waals surface area (Å²) in [5, 5.41) is -0.491. The number of nitrogens with two attached hydrogens (primary N) is 1. The van der Waals surface area contributed by atoms with Crippen molar-refractivity contribution in [1.82, 2.24) is 0 Å². The average molecular weight is 180 g/mol. The number of carbonyl (C=O) groups excluding carboxylic acids is 1. The molecule has 0 aromatic rings. The highest BCUT2D eigenvalue weighted by Gasteiger charge is 1.98. The lowest BCUT2D eigenvalue weighted by molar-refractivity contribution is -0.112. The SMILES string of the molecule is C[C@H](N)C(=O)Cl.O.O.O.O. The molecule has 0 aromatic carbocycles. The first-order valence-electron chi connectivity index (χ1n) is 1.59. The van der Waals surface area contributed by atoms with E-state index in [9.17, 15) is 4.79 Å². The maximum atomic E-state index is 9.78. The summed E-state index contributed by atoms with van der Waals surface area (Å²) in [7, 11) is 0. The van der Waals surface area contributed by atoms with Crippen molar-refractivity contribution in [2.45, 2.75) is 13.0 Å². The minimum atomic E-state index is -0.522. The number of hydrogen-bond acceptors (Lipinski definition) is 2. The Morgan fingerprint density at radius 2 is 1.40 bits per heavy atom. The smallest absolute Gasteiger partial charge is 0.238 e. The van der Waals surface area contributed by atoms with Crippen LogP contribution in [0.1, 0.15) is 6.92 Å². The summed E-state index contributed by atoms with van der Waals surface area (Å²) in [6, 6.07) is -0.522. The zero-order valence-corrected chi connectivity index (χ0v) is 6.20. The standard InChI is InChI=1S/C3H6ClNO.4H2O/c1-2(5)3(4)6;;;;/h2H,5H2,1H3;4*1H2/t2-;;;;/m0..../s1. The van der Waals surface area contributed by atoms with E-state index in [2.05, 4.69) is 0 Å². The zero-order valence-electron chi connectivity index (χ0n) is 5.44. The van der Waals surface area contributed by atoms with Crippen molar-refractivity contribution in [3.8, 4) is 0 Å². The van der Waals surface area contributed by atoms with Crippen LogP contribution in [0.5, 0.6) is 0 Å². The summed E-state index contributed by atoms with van der Waals surface area (Å²) in [5.41, 5.74) is 4.95. The molecule has 0 heterocycles. The van der Waals surface area contributed by atoms with E-state index in [1.54, 1.807) is 0 Å². The van der Waals surface area contributed by atoms with Gasteiger partial charge in [0.2, 0.25) is 5.24 Å². The molecule has 0 bridgehead atoms. The minimum absolute atomic E-state index is 0. The van der Waals surface area contributed by atoms with Crippen LogP contribution in [0.25, 0.3) is 0 Å². The molecule has 0 aliphatic carbocycles. The second kappa shape index (κ2) is 15.9. The van der Waals surface area contributed by atoms with Crippen molar-refractivity contribution in [1.29, 1.82) is 0 Å². The fraction of sp³-hybridized carbons (Fsp3) is 0.667. The third-order valence-corrected chi connectivity index (χ3v) is 0.702. The van der Waals surface area contributed by atoms with E-state index in [-0.39, 0.29) is 21.9 Å². The van der Waals surface area contributed by atoms with Crippen molar-refractivity contribution in [2.75, 3.05) is 0 Å². The number of halogens is 1. The highest BCUT2D eigenvalue weighted by atomic mass is 35.5. The predicted molar refractivity (Wildman–Crippen MR) is 39.0 cm³/mol. The molecule has 0 saturated carbocycles. The largest absolute Gasteiger partial charge is 0.412 e. The molecule has 0 unspecified atom stereocenters. The minimum Gasteiger partial charge on any atom is -0.412 e. The number of rotatable bonds is 1. The van der Waals surface area contributed by atoms with Crippen LogP contribution in [0, 0.1) is 0 Å². The normalized spacial score (nSPS) is 8.30. The molecule has 6 nitrogen and oxygen atoms in total. The monoisotopic (exact) mass is 179 g/mol. The molecule has 0 rings (SSSR count). The van der Waals surface area contributed by atoms with Crippen LogP contribution in [0.2, 0.25) is 0 Å². The van der Waals surface area contributed by atoms with E-state index in [0.717, 1.165) is 0 Å². The van der Waals surface area contributed by atoms with Gasteiger partial charge in [-0.05, 0) is 18.5 Å².